The fourth-order valence-electron chi connectivity index (χ4n) is 4.49. The quantitative estimate of drug-likeness (QED) is 0.466. The van der Waals surface area contributed by atoms with Gasteiger partial charge in [-0.05, 0) is 31.2 Å². The van der Waals surface area contributed by atoms with Gasteiger partial charge in [0.25, 0.3) is 5.56 Å². The van der Waals surface area contributed by atoms with Crippen LogP contribution in [0.25, 0.3) is 26.6 Å². The molecule has 1 aromatic carbocycles. The number of morpholine rings is 1. The molecule has 4 heterocycles. The molecule has 0 atom stereocenters. The summed E-state index contributed by atoms with van der Waals surface area (Å²) >= 11 is 1.69. The summed E-state index contributed by atoms with van der Waals surface area (Å²) in [5.74, 6) is 0.846. The third kappa shape index (κ3) is 2.32. The van der Waals surface area contributed by atoms with E-state index >= 15 is 0 Å². The van der Waals surface area contributed by atoms with Crippen molar-refractivity contribution < 1.29 is 4.74 Å². The fourth-order valence-corrected chi connectivity index (χ4v) is 5.75. The fraction of sp³-hybridized carbons (Fsp3) is 0.381. The van der Waals surface area contributed by atoms with E-state index in [2.05, 4.69) is 11.0 Å². The summed E-state index contributed by atoms with van der Waals surface area (Å²) in [5, 5.41) is 7.62. The van der Waals surface area contributed by atoms with Crippen molar-refractivity contribution in [3.8, 4) is 0 Å². The average molecular weight is 392 g/mol. The number of aromatic nitrogens is 3. The van der Waals surface area contributed by atoms with E-state index in [-0.39, 0.29) is 5.56 Å². The van der Waals surface area contributed by atoms with Gasteiger partial charge in [0, 0.05) is 28.7 Å². The van der Waals surface area contributed by atoms with E-state index in [0.717, 1.165) is 59.2 Å². The Balaban J connectivity index is 1.72. The Kier molecular flexibility index (Phi) is 3.67. The maximum Gasteiger partial charge on any atom is 0.283 e. The lowest BCUT2D eigenvalue weighted by atomic mass is 9.97. The van der Waals surface area contributed by atoms with Crippen molar-refractivity contribution in [2.75, 3.05) is 31.2 Å². The summed E-state index contributed by atoms with van der Waals surface area (Å²) in [5.41, 5.74) is 1.84. The van der Waals surface area contributed by atoms with Crippen molar-refractivity contribution in [3.63, 3.8) is 0 Å². The second kappa shape index (κ2) is 6.25. The summed E-state index contributed by atoms with van der Waals surface area (Å²) in [7, 11) is 0. The minimum Gasteiger partial charge on any atom is -0.378 e. The molecule has 0 N–H and O–H groups in total. The molecule has 3 aromatic heterocycles. The molecule has 1 fully saturated rings. The van der Waals surface area contributed by atoms with Crippen molar-refractivity contribution in [2.45, 2.75) is 25.7 Å². The second-order valence-corrected chi connectivity index (χ2v) is 8.60. The van der Waals surface area contributed by atoms with E-state index in [4.69, 9.17) is 14.8 Å². The number of hydrogen-bond acceptors (Lipinski definition) is 6. The first kappa shape index (κ1) is 16.4. The molecule has 0 bridgehead atoms. The zero-order valence-corrected chi connectivity index (χ0v) is 16.3. The Bertz CT molecular complexity index is 1290. The lowest BCUT2D eigenvalue weighted by Gasteiger charge is -2.28. The largest absolute Gasteiger partial charge is 0.378 e. The van der Waals surface area contributed by atoms with Gasteiger partial charge in [0.15, 0.2) is 11.5 Å². The van der Waals surface area contributed by atoms with Crippen molar-refractivity contribution in [1.29, 1.82) is 0 Å². The molecule has 6 rings (SSSR count). The molecule has 7 heteroatoms. The maximum atomic E-state index is 13.5. The number of fused-ring (bicyclic) bond motifs is 6. The molecule has 2 aliphatic rings. The number of anilines is 1. The van der Waals surface area contributed by atoms with Crippen molar-refractivity contribution in [3.05, 3.63) is 45.1 Å². The van der Waals surface area contributed by atoms with E-state index in [9.17, 15) is 4.79 Å². The van der Waals surface area contributed by atoms with Crippen LogP contribution in [0.15, 0.2) is 29.1 Å². The molecule has 0 radical (unpaired) electrons. The molecule has 1 saturated heterocycles. The highest BCUT2D eigenvalue weighted by Crippen LogP contribution is 2.35. The highest BCUT2D eigenvalue weighted by Gasteiger charge is 2.23. The summed E-state index contributed by atoms with van der Waals surface area (Å²) in [4.78, 5) is 22.9. The van der Waals surface area contributed by atoms with Gasteiger partial charge in [-0.3, -0.25) is 4.79 Å². The Hall–Kier alpha value is -2.51. The Morgan fingerprint density at radius 3 is 2.68 bits per heavy atom. The van der Waals surface area contributed by atoms with E-state index in [1.807, 2.05) is 18.2 Å². The molecular weight excluding hydrogens is 372 g/mol. The van der Waals surface area contributed by atoms with Gasteiger partial charge in [0.05, 0.1) is 18.6 Å². The summed E-state index contributed by atoms with van der Waals surface area (Å²) in [6.45, 7) is 2.91. The van der Waals surface area contributed by atoms with E-state index in [1.165, 1.54) is 21.4 Å². The van der Waals surface area contributed by atoms with E-state index < -0.39 is 0 Å². The molecule has 142 valence electrons. The highest BCUT2D eigenvalue weighted by atomic mass is 32.1. The summed E-state index contributed by atoms with van der Waals surface area (Å²) in [6.07, 6.45) is 4.38. The minimum absolute atomic E-state index is 0.0281. The zero-order valence-electron chi connectivity index (χ0n) is 15.5. The number of aryl methyl sites for hydroxylation is 2. The number of nitrogens with zero attached hydrogens (tertiary/aromatic N) is 4. The molecule has 1 aliphatic heterocycles. The number of benzene rings is 1. The number of thiophene rings is 1. The van der Waals surface area contributed by atoms with Gasteiger partial charge in [-0.1, -0.05) is 24.3 Å². The highest BCUT2D eigenvalue weighted by molar-refractivity contribution is 7.18. The first-order chi connectivity index (χ1) is 13.8. The maximum absolute atomic E-state index is 13.5. The summed E-state index contributed by atoms with van der Waals surface area (Å²) < 4.78 is 7.04. The van der Waals surface area contributed by atoms with Crippen LogP contribution in [-0.2, 0) is 17.6 Å². The van der Waals surface area contributed by atoms with Gasteiger partial charge in [0.2, 0.25) is 0 Å². The molecule has 0 spiro atoms. The van der Waals surface area contributed by atoms with Crippen LogP contribution in [-0.4, -0.2) is 40.9 Å². The minimum atomic E-state index is -0.0281. The monoisotopic (exact) mass is 392 g/mol. The molecule has 0 unspecified atom stereocenters. The van der Waals surface area contributed by atoms with Crippen LogP contribution in [0, 0.1) is 0 Å². The Labute approximate surface area is 165 Å². The van der Waals surface area contributed by atoms with Crippen molar-refractivity contribution in [2.24, 2.45) is 0 Å². The summed E-state index contributed by atoms with van der Waals surface area (Å²) in [6, 6.07) is 8.14. The van der Waals surface area contributed by atoms with Crippen molar-refractivity contribution >= 4 is 43.8 Å². The van der Waals surface area contributed by atoms with Gasteiger partial charge >= 0.3 is 0 Å². The number of hydrogen-bond donors (Lipinski definition) is 0. The molecule has 0 amide bonds. The first-order valence-corrected chi connectivity index (χ1v) is 10.7. The van der Waals surface area contributed by atoms with Gasteiger partial charge in [-0.2, -0.15) is 4.52 Å². The normalized spacial score (nSPS) is 17.5. The first-order valence-electron chi connectivity index (χ1n) is 9.90. The van der Waals surface area contributed by atoms with Gasteiger partial charge in [-0.25, -0.2) is 4.98 Å². The predicted octanol–water partition coefficient (Wildman–Crippen LogP) is 3.17. The molecule has 0 saturated carbocycles. The van der Waals surface area contributed by atoms with Gasteiger partial charge < -0.3 is 9.64 Å². The van der Waals surface area contributed by atoms with E-state index in [0.29, 0.717) is 18.9 Å². The van der Waals surface area contributed by atoms with Crippen LogP contribution in [0.4, 0.5) is 5.82 Å². The molecular formula is C21H20N4O2S. The van der Waals surface area contributed by atoms with Crippen LogP contribution >= 0.6 is 11.3 Å². The molecule has 1 aliphatic carbocycles. The molecule has 6 nitrogen and oxygen atoms in total. The SMILES string of the molecule is O=c1c2c3c(sc2nc2c4ccccc4c(N4CCOCC4)nn12)CCCC3. The number of rotatable bonds is 1. The van der Waals surface area contributed by atoms with Crippen LogP contribution < -0.4 is 10.5 Å². The van der Waals surface area contributed by atoms with Crippen LogP contribution in [0.1, 0.15) is 23.3 Å². The number of ether oxygens (including phenoxy) is 1. The molecule has 28 heavy (non-hydrogen) atoms. The van der Waals surface area contributed by atoms with Gasteiger partial charge in [-0.15, -0.1) is 16.4 Å². The smallest absolute Gasteiger partial charge is 0.283 e. The predicted molar refractivity (Wildman–Crippen MR) is 112 cm³/mol. The topological polar surface area (TPSA) is 59.7 Å². The second-order valence-electron chi connectivity index (χ2n) is 7.51. The third-order valence-corrected chi connectivity index (χ3v) is 7.07. The zero-order chi connectivity index (χ0) is 18.7. The lowest BCUT2D eigenvalue weighted by Crippen LogP contribution is -2.37. The molecule has 4 aromatic rings. The Morgan fingerprint density at radius 2 is 1.82 bits per heavy atom. The standard InChI is InChI=1S/C21H20N4O2S/c26-21-17-15-7-3-4-8-16(15)28-20(17)22-18-13-5-1-2-6-14(13)19(23-25(18)21)24-9-11-27-12-10-24/h1-2,5-6H,3-4,7-12H2. The van der Waals surface area contributed by atoms with Crippen LogP contribution in [0.3, 0.4) is 0 Å². The van der Waals surface area contributed by atoms with E-state index in [1.54, 1.807) is 11.3 Å². The average Bonchev–Trinajstić information content (AvgIpc) is 3.13. The van der Waals surface area contributed by atoms with Gasteiger partial charge in [0.1, 0.15) is 4.83 Å². The lowest BCUT2D eigenvalue weighted by molar-refractivity contribution is 0.122. The van der Waals surface area contributed by atoms with Crippen LogP contribution in [0.2, 0.25) is 0 Å². The third-order valence-electron chi connectivity index (χ3n) is 5.88. The van der Waals surface area contributed by atoms with Crippen molar-refractivity contribution in [1.82, 2.24) is 14.6 Å². The Morgan fingerprint density at radius 1 is 1.04 bits per heavy atom. The van der Waals surface area contributed by atoms with Crippen LogP contribution in [0.5, 0.6) is 0 Å².